The standard InChI is InChI=1S/C13H21NO5/c1-17-12(15)11(13(16)18-2)5-3-4-6-14-7-9-19-10-8-14/h3-4,11H,5-10H2,1-2H3/b4-3+. The minimum atomic E-state index is -0.879. The first-order chi connectivity index (χ1) is 9.19. The second-order valence-electron chi connectivity index (χ2n) is 4.22. The molecule has 1 rings (SSSR count). The Hall–Kier alpha value is -1.40. The zero-order valence-electron chi connectivity index (χ0n) is 11.5. The van der Waals surface area contributed by atoms with Gasteiger partial charge in [-0.1, -0.05) is 12.2 Å². The molecule has 0 amide bonds. The zero-order valence-corrected chi connectivity index (χ0v) is 11.5. The van der Waals surface area contributed by atoms with Crippen molar-refractivity contribution >= 4 is 11.9 Å². The van der Waals surface area contributed by atoms with Crippen molar-refractivity contribution in [2.45, 2.75) is 6.42 Å². The number of morpholine rings is 1. The summed E-state index contributed by atoms with van der Waals surface area (Å²) < 4.78 is 14.4. The Balaban J connectivity index is 2.37. The fourth-order valence-electron chi connectivity index (χ4n) is 1.81. The Kier molecular flexibility index (Phi) is 7.14. The number of esters is 2. The second-order valence-corrected chi connectivity index (χ2v) is 4.22. The van der Waals surface area contributed by atoms with Gasteiger partial charge in [0.1, 0.15) is 0 Å². The van der Waals surface area contributed by atoms with Gasteiger partial charge in [-0.3, -0.25) is 14.5 Å². The maximum absolute atomic E-state index is 11.4. The molecular weight excluding hydrogens is 250 g/mol. The monoisotopic (exact) mass is 271 g/mol. The number of nitrogens with zero attached hydrogens (tertiary/aromatic N) is 1. The smallest absolute Gasteiger partial charge is 0.320 e. The van der Waals surface area contributed by atoms with Crippen molar-refractivity contribution in [2.75, 3.05) is 47.1 Å². The Bertz CT molecular complexity index is 307. The number of hydrogen-bond donors (Lipinski definition) is 0. The first-order valence-electron chi connectivity index (χ1n) is 6.29. The van der Waals surface area contributed by atoms with E-state index >= 15 is 0 Å². The van der Waals surface area contributed by atoms with Crippen LogP contribution >= 0.6 is 0 Å². The van der Waals surface area contributed by atoms with Crippen LogP contribution in [-0.2, 0) is 23.8 Å². The van der Waals surface area contributed by atoms with Crippen LogP contribution in [0.25, 0.3) is 0 Å². The van der Waals surface area contributed by atoms with Crippen molar-refractivity contribution in [1.82, 2.24) is 4.90 Å². The Morgan fingerprint density at radius 3 is 2.26 bits per heavy atom. The molecule has 1 heterocycles. The topological polar surface area (TPSA) is 65.1 Å². The molecule has 0 spiro atoms. The van der Waals surface area contributed by atoms with Gasteiger partial charge in [0.15, 0.2) is 5.92 Å². The van der Waals surface area contributed by atoms with Crippen molar-refractivity contribution < 1.29 is 23.8 Å². The van der Waals surface area contributed by atoms with Gasteiger partial charge in [-0.25, -0.2) is 0 Å². The van der Waals surface area contributed by atoms with E-state index in [0.29, 0.717) is 6.42 Å². The molecule has 0 atom stereocenters. The predicted molar refractivity (Wildman–Crippen MR) is 68.5 cm³/mol. The van der Waals surface area contributed by atoms with E-state index in [2.05, 4.69) is 14.4 Å². The van der Waals surface area contributed by atoms with E-state index in [9.17, 15) is 9.59 Å². The summed E-state index contributed by atoms with van der Waals surface area (Å²) >= 11 is 0. The van der Waals surface area contributed by atoms with Crippen molar-refractivity contribution in [3.63, 3.8) is 0 Å². The summed E-state index contributed by atoms with van der Waals surface area (Å²) in [5.41, 5.74) is 0. The van der Waals surface area contributed by atoms with Gasteiger partial charge in [0.05, 0.1) is 27.4 Å². The van der Waals surface area contributed by atoms with Crippen LogP contribution < -0.4 is 0 Å². The molecule has 0 aromatic heterocycles. The Morgan fingerprint density at radius 2 is 1.74 bits per heavy atom. The average Bonchev–Trinajstić information content (AvgIpc) is 2.47. The average molecular weight is 271 g/mol. The van der Waals surface area contributed by atoms with E-state index < -0.39 is 17.9 Å². The molecule has 108 valence electrons. The van der Waals surface area contributed by atoms with E-state index in [4.69, 9.17) is 4.74 Å². The van der Waals surface area contributed by atoms with Gasteiger partial charge in [0.25, 0.3) is 0 Å². The normalized spacial score (nSPS) is 16.8. The molecule has 6 heteroatoms. The highest BCUT2D eigenvalue weighted by molar-refractivity contribution is 5.94. The molecule has 0 N–H and O–H groups in total. The van der Waals surface area contributed by atoms with Crippen molar-refractivity contribution in [1.29, 1.82) is 0 Å². The molecule has 6 nitrogen and oxygen atoms in total. The zero-order chi connectivity index (χ0) is 14.1. The molecule has 1 fully saturated rings. The summed E-state index contributed by atoms with van der Waals surface area (Å²) in [6, 6.07) is 0. The molecule has 0 unspecified atom stereocenters. The molecule has 0 aromatic rings. The highest BCUT2D eigenvalue weighted by atomic mass is 16.5. The van der Waals surface area contributed by atoms with Crippen LogP contribution in [0.1, 0.15) is 6.42 Å². The molecule has 0 aliphatic carbocycles. The lowest BCUT2D eigenvalue weighted by Gasteiger charge is -2.25. The van der Waals surface area contributed by atoms with Gasteiger partial charge < -0.3 is 14.2 Å². The first kappa shape index (κ1) is 15.7. The van der Waals surface area contributed by atoms with Gasteiger partial charge in [0.2, 0.25) is 0 Å². The van der Waals surface area contributed by atoms with Gasteiger partial charge in [-0.2, -0.15) is 0 Å². The molecule has 1 saturated heterocycles. The number of carbonyl (C=O) groups excluding carboxylic acids is 2. The van der Waals surface area contributed by atoms with Gasteiger partial charge in [0, 0.05) is 19.6 Å². The maximum atomic E-state index is 11.4. The van der Waals surface area contributed by atoms with E-state index in [-0.39, 0.29) is 0 Å². The minimum absolute atomic E-state index is 0.295. The molecule has 1 aliphatic rings. The molecule has 0 bridgehead atoms. The summed E-state index contributed by atoms with van der Waals surface area (Å²) in [7, 11) is 2.52. The highest BCUT2D eigenvalue weighted by Gasteiger charge is 2.27. The summed E-state index contributed by atoms with van der Waals surface area (Å²) in [6.45, 7) is 4.10. The largest absolute Gasteiger partial charge is 0.468 e. The third kappa shape index (κ3) is 5.40. The maximum Gasteiger partial charge on any atom is 0.320 e. The van der Waals surface area contributed by atoms with Crippen LogP contribution in [0.4, 0.5) is 0 Å². The molecule has 19 heavy (non-hydrogen) atoms. The summed E-state index contributed by atoms with van der Waals surface area (Å²) in [5, 5.41) is 0. The number of allylic oxidation sites excluding steroid dienone is 1. The van der Waals surface area contributed by atoms with Crippen molar-refractivity contribution in [3.05, 3.63) is 12.2 Å². The number of rotatable bonds is 6. The Labute approximate surface area is 113 Å². The van der Waals surface area contributed by atoms with Crippen LogP contribution in [0.15, 0.2) is 12.2 Å². The van der Waals surface area contributed by atoms with E-state index in [1.54, 1.807) is 0 Å². The van der Waals surface area contributed by atoms with Crippen molar-refractivity contribution in [3.8, 4) is 0 Å². The lowest BCUT2D eigenvalue weighted by atomic mass is 10.1. The first-order valence-corrected chi connectivity index (χ1v) is 6.29. The fourth-order valence-corrected chi connectivity index (χ4v) is 1.81. The number of carbonyl (C=O) groups is 2. The van der Waals surface area contributed by atoms with E-state index in [1.807, 2.05) is 12.2 Å². The van der Waals surface area contributed by atoms with Crippen LogP contribution in [0, 0.1) is 5.92 Å². The van der Waals surface area contributed by atoms with Crippen LogP contribution in [-0.4, -0.2) is 63.9 Å². The third-order valence-electron chi connectivity index (χ3n) is 2.98. The lowest BCUT2D eigenvalue weighted by Crippen LogP contribution is -2.36. The SMILES string of the molecule is COC(=O)C(C/C=C/CN1CCOCC1)C(=O)OC. The molecule has 0 saturated carbocycles. The molecular formula is C13H21NO5. The van der Waals surface area contributed by atoms with Gasteiger partial charge in [-0.05, 0) is 6.42 Å². The van der Waals surface area contributed by atoms with Crippen LogP contribution in [0.5, 0.6) is 0 Å². The molecule has 0 radical (unpaired) electrons. The van der Waals surface area contributed by atoms with E-state index in [0.717, 1.165) is 32.8 Å². The van der Waals surface area contributed by atoms with E-state index in [1.165, 1.54) is 14.2 Å². The summed E-state index contributed by atoms with van der Waals surface area (Å²) in [4.78, 5) is 25.1. The Morgan fingerprint density at radius 1 is 1.16 bits per heavy atom. The van der Waals surface area contributed by atoms with Gasteiger partial charge >= 0.3 is 11.9 Å². The van der Waals surface area contributed by atoms with Crippen LogP contribution in [0.3, 0.4) is 0 Å². The number of ether oxygens (including phenoxy) is 3. The van der Waals surface area contributed by atoms with Crippen molar-refractivity contribution in [2.24, 2.45) is 5.92 Å². The predicted octanol–water partition coefficient (Wildman–Crippen LogP) is 0.227. The lowest BCUT2D eigenvalue weighted by molar-refractivity contribution is -0.158. The molecule has 1 aliphatic heterocycles. The molecule has 0 aromatic carbocycles. The van der Waals surface area contributed by atoms with Crippen LogP contribution in [0.2, 0.25) is 0 Å². The minimum Gasteiger partial charge on any atom is -0.468 e. The summed E-state index contributed by atoms with van der Waals surface area (Å²) in [6.07, 6.45) is 4.06. The third-order valence-corrected chi connectivity index (χ3v) is 2.98. The highest BCUT2D eigenvalue weighted by Crippen LogP contribution is 2.09. The fraction of sp³-hybridized carbons (Fsp3) is 0.692. The quantitative estimate of drug-likeness (QED) is 0.391. The van der Waals surface area contributed by atoms with Gasteiger partial charge in [-0.15, -0.1) is 0 Å². The number of hydrogen-bond acceptors (Lipinski definition) is 6. The second kappa shape index (κ2) is 8.66. The number of methoxy groups -OCH3 is 2. The summed E-state index contributed by atoms with van der Waals surface area (Å²) in [5.74, 6) is -2.01.